The Balaban J connectivity index is 1.76. The highest BCUT2D eigenvalue weighted by atomic mass is 19.1. The van der Waals surface area contributed by atoms with E-state index in [4.69, 9.17) is 10.5 Å². The molecule has 3 N–H and O–H groups in total. The van der Waals surface area contributed by atoms with Crippen molar-refractivity contribution in [2.75, 3.05) is 36.9 Å². The lowest BCUT2D eigenvalue weighted by Gasteiger charge is -2.41. The van der Waals surface area contributed by atoms with Gasteiger partial charge in [0.25, 0.3) is 0 Å². The molecule has 1 fully saturated rings. The number of aryl methyl sites for hydroxylation is 1. The summed E-state index contributed by atoms with van der Waals surface area (Å²) in [7, 11) is 0. The van der Waals surface area contributed by atoms with Gasteiger partial charge in [-0.15, -0.1) is 0 Å². The minimum absolute atomic E-state index is 0.0151. The van der Waals surface area contributed by atoms with Gasteiger partial charge in [-0.05, 0) is 76.3 Å². The normalized spacial score (nSPS) is 15.5. The van der Waals surface area contributed by atoms with Crippen LogP contribution in [0, 0.1) is 11.6 Å². The molecule has 1 aliphatic rings. The molecule has 3 aromatic heterocycles. The number of nitrogens with two attached hydrogens (primary N) is 1. The van der Waals surface area contributed by atoms with E-state index in [0.717, 1.165) is 0 Å². The zero-order valence-corrected chi connectivity index (χ0v) is 27.5. The first kappa shape index (κ1) is 33.7. The Morgan fingerprint density at radius 2 is 1.89 bits per heavy atom. The molecule has 11 nitrogen and oxygen atoms in total. The quantitative estimate of drug-likeness (QED) is 0.259. The van der Waals surface area contributed by atoms with Crippen LogP contribution < -0.4 is 16.3 Å². The number of carbonyl (C=O) groups is 1. The van der Waals surface area contributed by atoms with E-state index in [1.165, 1.54) is 28.8 Å². The number of rotatable bonds is 7. The molecule has 0 aliphatic carbocycles. The Morgan fingerprint density at radius 1 is 1.15 bits per heavy atom. The number of hydrogen-bond donors (Lipinski definition) is 2. The van der Waals surface area contributed by atoms with Crippen molar-refractivity contribution in [1.29, 1.82) is 0 Å². The highest BCUT2D eigenvalue weighted by Gasteiger charge is 2.33. The van der Waals surface area contributed by atoms with Gasteiger partial charge in [-0.25, -0.2) is 27.9 Å². The van der Waals surface area contributed by atoms with Gasteiger partial charge in [0.15, 0.2) is 11.5 Å². The summed E-state index contributed by atoms with van der Waals surface area (Å²) in [4.78, 5) is 44.2. The predicted octanol–water partition coefficient (Wildman–Crippen LogP) is 5.20. The van der Waals surface area contributed by atoms with Crippen molar-refractivity contribution in [3.05, 3.63) is 69.9 Å². The van der Waals surface area contributed by atoms with E-state index in [-0.39, 0.29) is 72.0 Å². The van der Waals surface area contributed by atoms with E-state index in [9.17, 15) is 14.7 Å². The van der Waals surface area contributed by atoms with Crippen molar-refractivity contribution in [3.63, 3.8) is 0 Å². The van der Waals surface area contributed by atoms with E-state index in [2.05, 4.69) is 15.0 Å². The molecule has 13 heteroatoms. The summed E-state index contributed by atoms with van der Waals surface area (Å²) in [5, 5.41) is 9.83. The second-order valence-corrected chi connectivity index (χ2v) is 13.1. The zero-order chi connectivity index (χ0) is 34.2. The molecule has 1 amide bonds. The molecule has 0 saturated carbocycles. The molecule has 0 bridgehead atoms. The number of fused-ring (bicyclic) bond motifs is 1. The van der Waals surface area contributed by atoms with E-state index in [0.29, 0.717) is 29.8 Å². The van der Waals surface area contributed by atoms with E-state index in [1.807, 2.05) is 25.7 Å². The third kappa shape index (κ3) is 6.76. The first-order valence-electron chi connectivity index (χ1n) is 15.7. The number of amides is 1. The molecule has 4 aromatic rings. The monoisotopic (exact) mass is 649 g/mol. The molecule has 47 heavy (non-hydrogen) atoms. The Hall–Kier alpha value is -4.65. The summed E-state index contributed by atoms with van der Waals surface area (Å²) in [6, 6.07) is 6.66. The average Bonchev–Trinajstić information content (AvgIpc) is 2.99. The Kier molecular flexibility index (Phi) is 9.48. The van der Waals surface area contributed by atoms with Crippen molar-refractivity contribution >= 4 is 28.6 Å². The largest absolute Gasteiger partial charge is 0.444 e. The van der Waals surface area contributed by atoms with Crippen LogP contribution in [-0.4, -0.2) is 73.5 Å². The van der Waals surface area contributed by atoms with Gasteiger partial charge >= 0.3 is 11.8 Å². The third-order valence-corrected chi connectivity index (χ3v) is 8.05. The number of nitrogen functional groups attached to an aromatic ring is 1. The molecule has 5 rings (SSSR count). The number of ether oxygens (including phenoxy) is 1. The predicted molar refractivity (Wildman–Crippen MR) is 177 cm³/mol. The van der Waals surface area contributed by atoms with Crippen LogP contribution in [0.5, 0.6) is 0 Å². The topological polar surface area (TPSA) is 140 Å². The molecule has 1 unspecified atom stereocenters. The molecule has 1 saturated heterocycles. The number of nitrogens with zero attached hydrogens (tertiary/aromatic N) is 6. The number of halogens is 2. The summed E-state index contributed by atoms with van der Waals surface area (Å²) >= 11 is 0. The molecule has 1 atom stereocenters. The van der Waals surface area contributed by atoms with Crippen LogP contribution in [0.25, 0.3) is 28.0 Å². The third-order valence-electron chi connectivity index (χ3n) is 8.05. The van der Waals surface area contributed by atoms with Gasteiger partial charge in [0.1, 0.15) is 22.9 Å². The van der Waals surface area contributed by atoms with Gasteiger partial charge in [0, 0.05) is 44.2 Å². The van der Waals surface area contributed by atoms with Crippen molar-refractivity contribution < 1.29 is 23.4 Å². The van der Waals surface area contributed by atoms with Gasteiger partial charge in [-0.2, -0.15) is 4.98 Å². The van der Waals surface area contributed by atoms with E-state index >= 15 is 8.78 Å². The minimum Gasteiger partial charge on any atom is -0.444 e. The molecule has 4 heterocycles. The number of pyridine rings is 2. The summed E-state index contributed by atoms with van der Waals surface area (Å²) in [6.45, 7) is 11.9. The second kappa shape index (κ2) is 13.2. The number of carbonyl (C=O) groups excluding carboxylic acids is 1. The Labute approximate surface area is 272 Å². The summed E-state index contributed by atoms with van der Waals surface area (Å²) < 4.78 is 38.1. The Bertz CT molecular complexity index is 1850. The number of piperazine rings is 1. The van der Waals surface area contributed by atoms with Crippen molar-refractivity contribution in [3.8, 4) is 16.9 Å². The molecule has 250 valence electrons. The lowest BCUT2D eigenvalue weighted by molar-refractivity contribution is 0.0218. The number of hydrogen-bond acceptors (Lipinski definition) is 9. The second-order valence-electron chi connectivity index (χ2n) is 13.1. The van der Waals surface area contributed by atoms with E-state index < -0.39 is 29.0 Å². The maximum atomic E-state index is 16.1. The number of aliphatic hydroxyl groups is 1. The van der Waals surface area contributed by atoms with Crippen LogP contribution in [0.4, 0.5) is 25.1 Å². The number of aliphatic hydroxyl groups excluding tert-OH is 1. The molecule has 1 aliphatic heterocycles. The zero-order valence-electron chi connectivity index (χ0n) is 27.5. The highest BCUT2D eigenvalue weighted by Crippen LogP contribution is 2.36. The lowest BCUT2D eigenvalue weighted by Crippen LogP contribution is -2.55. The van der Waals surface area contributed by atoms with Gasteiger partial charge < -0.3 is 25.4 Å². The van der Waals surface area contributed by atoms with E-state index in [1.54, 1.807) is 37.9 Å². The van der Waals surface area contributed by atoms with Crippen LogP contribution in [0.1, 0.15) is 65.1 Å². The first-order valence-corrected chi connectivity index (χ1v) is 15.7. The van der Waals surface area contributed by atoms with Gasteiger partial charge in [-0.1, -0.05) is 19.9 Å². The highest BCUT2D eigenvalue weighted by molar-refractivity contribution is 5.91. The lowest BCUT2D eigenvalue weighted by atomic mass is 10.0. The number of anilines is 2. The fourth-order valence-corrected chi connectivity index (χ4v) is 5.92. The van der Waals surface area contributed by atoms with Crippen molar-refractivity contribution in [2.24, 2.45) is 0 Å². The van der Waals surface area contributed by atoms with Gasteiger partial charge in [0.2, 0.25) is 0 Å². The van der Waals surface area contributed by atoms with Crippen molar-refractivity contribution in [2.45, 2.75) is 71.9 Å². The SMILES string of the molecule is CC(C)c1nccc(CCCO)c1-n1c(=O)nc(N2CCN(C(=O)OC(C)(C)C)CC2C)c2cc(F)c(-c3c(N)cccc3F)nc21. The van der Waals surface area contributed by atoms with Crippen LogP contribution in [0.15, 0.2) is 41.3 Å². The number of aromatic nitrogens is 4. The Morgan fingerprint density at radius 3 is 2.53 bits per heavy atom. The van der Waals surface area contributed by atoms with Gasteiger partial charge in [0.05, 0.1) is 22.3 Å². The standard InChI is InChI=1S/C34H41F2N7O4/c1-19(2)27-29(21(9-8-16-44)12-13-38-27)43-31-22(17-24(36)28(39-31)26-23(35)10-7-11-25(26)37)30(40-32(43)45)42-15-14-41(18-20(42)3)33(46)47-34(4,5)6/h7,10-13,17,19-20,44H,8-9,14-16,18,37H2,1-6H3. The van der Waals surface area contributed by atoms with Crippen LogP contribution >= 0.6 is 0 Å². The van der Waals surface area contributed by atoms with Crippen LogP contribution in [-0.2, 0) is 11.2 Å². The molecular weight excluding hydrogens is 608 g/mol. The molecule has 0 radical (unpaired) electrons. The van der Waals surface area contributed by atoms with Crippen LogP contribution in [0.2, 0.25) is 0 Å². The van der Waals surface area contributed by atoms with Crippen molar-refractivity contribution in [1.82, 2.24) is 24.4 Å². The minimum atomic E-state index is -0.849. The molecular formula is C34H41F2N7O4. The summed E-state index contributed by atoms with van der Waals surface area (Å²) in [6.07, 6.45) is 2.03. The van der Waals surface area contributed by atoms with Gasteiger partial charge in [-0.3, -0.25) is 4.98 Å². The maximum absolute atomic E-state index is 16.1. The molecule has 0 spiro atoms. The average molecular weight is 650 g/mol. The number of benzene rings is 1. The summed E-state index contributed by atoms with van der Waals surface area (Å²) in [5.41, 5.74) is 5.93. The fraction of sp³-hybridized carbons (Fsp3) is 0.441. The summed E-state index contributed by atoms with van der Waals surface area (Å²) in [5.74, 6) is -1.57. The smallest absolute Gasteiger partial charge is 0.410 e. The maximum Gasteiger partial charge on any atom is 0.410 e. The first-order chi connectivity index (χ1) is 22.2. The fourth-order valence-electron chi connectivity index (χ4n) is 5.92. The van der Waals surface area contributed by atoms with Crippen LogP contribution in [0.3, 0.4) is 0 Å². The molecule has 1 aromatic carbocycles.